The van der Waals surface area contributed by atoms with E-state index in [2.05, 4.69) is 45.7 Å². The van der Waals surface area contributed by atoms with E-state index in [-0.39, 0.29) is 0 Å². The van der Waals surface area contributed by atoms with E-state index in [0.717, 1.165) is 0 Å². The number of nitrogens with one attached hydrogen (secondary N) is 1. The molecule has 104 valence electrons. The van der Waals surface area contributed by atoms with Crippen LogP contribution < -0.4 is 5.32 Å². The van der Waals surface area contributed by atoms with Gasteiger partial charge in [0.1, 0.15) is 0 Å². The van der Waals surface area contributed by atoms with Gasteiger partial charge in [0.05, 0.1) is 0 Å². The van der Waals surface area contributed by atoms with Crippen LogP contribution in [0.3, 0.4) is 0 Å². The first-order valence-corrected chi connectivity index (χ1v) is 11.3. The summed E-state index contributed by atoms with van der Waals surface area (Å²) in [7, 11) is -0.964. The fourth-order valence-corrected chi connectivity index (χ4v) is 5.67. The summed E-state index contributed by atoms with van der Waals surface area (Å²) in [6.07, 6.45) is 6.74. The lowest BCUT2D eigenvalue weighted by Gasteiger charge is -2.38. The largest absolute Gasteiger partial charge is 0.316 e. The Labute approximate surface area is 111 Å². The van der Waals surface area contributed by atoms with Gasteiger partial charge in [-0.15, -0.1) is 0 Å². The Morgan fingerprint density at radius 1 is 1.00 bits per heavy atom. The Hall–Kier alpha value is 0.177. The van der Waals surface area contributed by atoms with Crippen molar-refractivity contribution in [1.82, 2.24) is 5.32 Å². The zero-order chi connectivity index (χ0) is 13.4. The molecule has 0 rings (SSSR count). The van der Waals surface area contributed by atoms with Crippen LogP contribution in [0.2, 0.25) is 25.7 Å². The predicted molar refractivity (Wildman–Crippen MR) is 83.6 cm³/mol. The third-order valence-electron chi connectivity index (χ3n) is 3.64. The molecule has 0 saturated heterocycles. The van der Waals surface area contributed by atoms with Gasteiger partial charge in [-0.1, -0.05) is 59.3 Å². The van der Waals surface area contributed by atoms with Crippen molar-refractivity contribution in [2.24, 2.45) is 5.41 Å². The third kappa shape index (κ3) is 7.99. The van der Waals surface area contributed by atoms with Crippen LogP contribution in [0.5, 0.6) is 0 Å². The van der Waals surface area contributed by atoms with E-state index >= 15 is 0 Å². The lowest BCUT2D eigenvalue weighted by Crippen LogP contribution is -2.40. The van der Waals surface area contributed by atoms with Gasteiger partial charge in [0.15, 0.2) is 0 Å². The van der Waals surface area contributed by atoms with E-state index in [4.69, 9.17) is 0 Å². The molecule has 0 aromatic rings. The molecule has 0 aliphatic rings. The van der Waals surface area contributed by atoms with Crippen molar-refractivity contribution in [1.29, 1.82) is 0 Å². The zero-order valence-electron chi connectivity index (χ0n) is 13.2. The fraction of sp³-hybridized carbons (Fsp3) is 1.00. The average Bonchev–Trinajstić information content (AvgIpc) is 2.24. The summed E-state index contributed by atoms with van der Waals surface area (Å²) >= 11 is 0. The lowest BCUT2D eigenvalue weighted by atomic mass is 9.82. The SMILES string of the molecule is CCCCC(CC)(CNCCC)C[Si](C)(C)C. The second-order valence-electron chi connectivity index (χ2n) is 6.87. The highest BCUT2D eigenvalue weighted by Gasteiger charge is 2.32. The molecule has 0 spiro atoms. The Bertz CT molecular complexity index is 186. The van der Waals surface area contributed by atoms with Gasteiger partial charge in [0.25, 0.3) is 0 Å². The monoisotopic (exact) mass is 257 g/mol. The number of rotatable bonds is 10. The van der Waals surface area contributed by atoms with Crippen molar-refractivity contribution < 1.29 is 0 Å². The summed E-state index contributed by atoms with van der Waals surface area (Å²) in [5.74, 6) is 0. The van der Waals surface area contributed by atoms with E-state index in [1.807, 2.05) is 0 Å². The van der Waals surface area contributed by atoms with Crippen LogP contribution in [0, 0.1) is 5.41 Å². The van der Waals surface area contributed by atoms with Crippen LogP contribution in [0.25, 0.3) is 0 Å². The Morgan fingerprint density at radius 3 is 2.06 bits per heavy atom. The van der Waals surface area contributed by atoms with Gasteiger partial charge >= 0.3 is 0 Å². The highest BCUT2D eigenvalue weighted by molar-refractivity contribution is 6.76. The normalized spacial score (nSPS) is 15.9. The van der Waals surface area contributed by atoms with Crippen LogP contribution in [-0.2, 0) is 0 Å². The van der Waals surface area contributed by atoms with Crippen molar-refractivity contribution in [3.8, 4) is 0 Å². The van der Waals surface area contributed by atoms with E-state index in [1.165, 1.54) is 51.2 Å². The van der Waals surface area contributed by atoms with E-state index in [9.17, 15) is 0 Å². The van der Waals surface area contributed by atoms with E-state index in [0.29, 0.717) is 5.41 Å². The summed E-state index contributed by atoms with van der Waals surface area (Å²) < 4.78 is 0. The molecule has 17 heavy (non-hydrogen) atoms. The first-order chi connectivity index (χ1) is 7.89. The molecule has 0 heterocycles. The summed E-state index contributed by atoms with van der Waals surface area (Å²) in [6, 6.07) is 1.48. The highest BCUT2D eigenvalue weighted by Crippen LogP contribution is 2.37. The minimum atomic E-state index is -0.964. The Morgan fingerprint density at radius 2 is 1.65 bits per heavy atom. The summed E-state index contributed by atoms with van der Waals surface area (Å²) in [6.45, 7) is 16.9. The van der Waals surface area contributed by atoms with Gasteiger partial charge in [-0.25, -0.2) is 0 Å². The second kappa shape index (κ2) is 8.31. The maximum Gasteiger partial charge on any atom is 0.0448 e. The number of unbranched alkanes of at least 4 members (excludes halogenated alkanes) is 1. The molecule has 1 unspecified atom stereocenters. The molecule has 0 saturated carbocycles. The molecule has 1 nitrogen and oxygen atoms in total. The molecule has 0 radical (unpaired) electrons. The topological polar surface area (TPSA) is 12.0 Å². The maximum absolute atomic E-state index is 3.68. The van der Waals surface area contributed by atoms with Gasteiger partial charge in [0, 0.05) is 14.6 Å². The first-order valence-electron chi connectivity index (χ1n) is 7.60. The fourth-order valence-electron chi connectivity index (χ4n) is 2.87. The molecule has 0 amide bonds. The van der Waals surface area contributed by atoms with Crippen LogP contribution in [-0.4, -0.2) is 21.2 Å². The van der Waals surface area contributed by atoms with Gasteiger partial charge < -0.3 is 5.32 Å². The number of hydrogen-bond acceptors (Lipinski definition) is 1. The molecule has 0 aromatic heterocycles. The van der Waals surface area contributed by atoms with Crippen LogP contribution >= 0.6 is 0 Å². The maximum atomic E-state index is 3.68. The van der Waals surface area contributed by atoms with Gasteiger partial charge in [0.2, 0.25) is 0 Å². The molecule has 2 heteroatoms. The minimum absolute atomic E-state index is 0.579. The molecule has 0 aliphatic heterocycles. The minimum Gasteiger partial charge on any atom is -0.316 e. The van der Waals surface area contributed by atoms with E-state index in [1.54, 1.807) is 0 Å². The van der Waals surface area contributed by atoms with Crippen molar-refractivity contribution in [3.05, 3.63) is 0 Å². The van der Waals surface area contributed by atoms with E-state index < -0.39 is 8.07 Å². The summed E-state index contributed by atoms with van der Waals surface area (Å²) in [4.78, 5) is 0. The molecular formula is C15H35NSi. The first kappa shape index (κ1) is 17.2. The second-order valence-corrected chi connectivity index (χ2v) is 12.3. The molecule has 1 atom stereocenters. The Balaban J connectivity index is 4.50. The molecule has 0 aromatic carbocycles. The third-order valence-corrected chi connectivity index (χ3v) is 5.45. The lowest BCUT2D eigenvalue weighted by molar-refractivity contribution is 0.259. The van der Waals surface area contributed by atoms with Crippen molar-refractivity contribution in [3.63, 3.8) is 0 Å². The molecule has 0 aliphatic carbocycles. The average molecular weight is 258 g/mol. The van der Waals surface area contributed by atoms with Crippen molar-refractivity contribution in [2.75, 3.05) is 13.1 Å². The summed E-state index contributed by atoms with van der Waals surface area (Å²) in [5, 5.41) is 3.68. The number of hydrogen-bond donors (Lipinski definition) is 1. The standard InChI is InChI=1S/C15H35NSi/c1-7-10-11-15(9-3,13-16-12-8-2)14-17(4,5)6/h16H,7-14H2,1-6H3. The van der Waals surface area contributed by atoms with Crippen LogP contribution in [0.15, 0.2) is 0 Å². The molecular weight excluding hydrogens is 222 g/mol. The van der Waals surface area contributed by atoms with Gasteiger partial charge in [-0.05, 0) is 31.2 Å². The van der Waals surface area contributed by atoms with Crippen molar-refractivity contribution in [2.45, 2.75) is 78.6 Å². The highest BCUT2D eigenvalue weighted by atomic mass is 28.3. The smallest absolute Gasteiger partial charge is 0.0448 e. The summed E-state index contributed by atoms with van der Waals surface area (Å²) in [5.41, 5.74) is 0.579. The Kier molecular flexibility index (Phi) is 8.40. The molecule has 0 bridgehead atoms. The van der Waals surface area contributed by atoms with Crippen LogP contribution in [0.4, 0.5) is 0 Å². The van der Waals surface area contributed by atoms with Crippen LogP contribution in [0.1, 0.15) is 52.9 Å². The molecule has 1 N–H and O–H groups in total. The molecule has 0 fully saturated rings. The zero-order valence-corrected chi connectivity index (χ0v) is 14.2. The van der Waals surface area contributed by atoms with Gasteiger partial charge in [-0.3, -0.25) is 0 Å². The predicted octanol–water partition coefficient (Wildman–Crippen LogP) is 4.91. The van der Waals surface area contributed by atoms with Crippen molar-refractivity contribution >= 4 is 8.07 Å². The quantitative estimate of drug-likeness (QED) is 0.433. The van der Waals surface area contributed by atoms with Gasteiger partial charge in [-0.2, -0.15) is 0 Å².